The molecule has 0 aromatic heterocycles. The van der Waals surface area contributed by atoms with Gasteiger partial charge in [-0.25, -0.2) is 0 Å². The van der Waals surface area contributed by atoms with Gasteiger partial charge in [0.2, 0.25) is 0 Å². The maximum Gasteiger partial charge on any atom is 0.0480 e. The summed E-state index contributed by atoms with van der Waals surface area (Å²) in [5, 5.41) is 12.2. The highest BCUT2D eigenvalue weighted by atomic mass is 16.5. The van der Waals surface area contributed by atoms with E-state index in [9.17, 15) is 0 Å². The van der Waals surface area contributed by atoms with Gasteiger partial charge in [0.1, 0.15) is 0 Å². The van der Waals surface area contributed by atoms with Crippen molar-refractivity contribution in [1.82, 2.24) is 5.32 Å². The average molecular weight is 187 g/mol. The molecule has 1 fully saturated rings. The third-order valence-electron chi connectivity index (χ3n) is 2.60. The first-order valence-electron chi connectivity index (χ1n) is 5.25. The fourth-order valence-electron chi connectivity index (χ4n) is 1.59. The van der Waals surface area contributed by atoms with Gasteiger partial charge in [-0.2, -0.15) is 0 Å². The van der Waals surface area contributed by atoms with E-state index in [1.54, 1.807) is 0 Å². The lowest BCUT2D eigenvalue weighted by Gasteiger charge is -2.24. The van der Waals surface area contributed by atoms with Crippen LogP contribution >= 0.6 is 0 Å². The van der Waals surface area contributed by atoms with Crippen molar-refractivity contribution in [2.45, 2.75) is 32.2 Å². The van der Waals surface area contributed by atoms with Crippen molar-refractivity contribution in [1.29, 1.82) is 0 Å². The van der Waals surface area contributed by atoms with Gasteiger partial charge in [-0.15, -0.1) is 0 Å². The summed E-state index contributed by atoms with van der Waals surface area (Å²) in [6.07, 6.45) is 3.16. The minimum Gasteiger partial charge on any atom is -0.396 e. The van der Waals surface area contributed by atoms with E-state index in [0.717, 1.165) is 39.0 Å². The van der Waals surface area contributed by atoms with Crippen LogP contribution in [0.5, 0.6) is 0 Å². The van der Waals surface area contributed by atoms with Crippen LogP contribution in [0.2, 0.25) is 0 Å². The van der Waals surface area contributed by atoms with Gasteiger partial charge in [0, 0.05) is 25.9 Å². The predicted octanol–water partition coefficient (Wildman–Crippen LogP) is 0.773. The highest BCUT2D eigenvalue weighted by molar-refractivity contribution is 4.71. The standard InChI is InChI=1S/C10H21NO2/c1-9(2-5-12)8-11-10-3-6-13-7-4-10/h9-12H,2-8H2,1H3. The maximum atomic E-state index is 8.73. The molecule has 1 saturated heterocycles. The van der Waals surface area contributed by atoms with Crippen molar-refractivity contribution >= 4 is 0 Å². The molecule has 1 unspecified atom stereocenters. The summed E-state index contributed by atoms with van der Waals surface area (Å²) in [7, 11) is 0. The number of hydrogen-bond acceptors (Lipinski definition) is 3. The summed E-state index contributed by atoms with van der Waals surface area (Å²) >= 11 is 0. The Morgan fingerprint density at radius 2 is 2.15 bits per heavy atom. The zero-order valence-electron chi connectivity index (χ0n) is 8.46. The number of aliphatic hydroxyl groups excluding tert-OH is 1. The van der Waals surface area contributed by atoms with Crippen molar-refractivity contribution in [2.75, 3.05) is 26.4 Å². The lowest BCUT2D eigenvalue weighted by molar-refractivity contribution is 0.0767. The Labute approximate surface area is 80.5 Å². The molecule has 13 heavy (non-hydrogen) atoms. The quantitative estimate of drug-likeness (QED) is 0.668. The van der Waals surface area contributed by atoms with Crippen molar-refractivity contribution < 1.29 is 9.84 Å². The van der Waals surface area contributed by atoms with Gasteiger partial charge in [0.25, 0.3) is 0 Å². The summed E-state index contributed by atoms with van der Waals surface area (Å²) in [6, 6.07) is 0.634. The van der Waals surface area contributed by atoms with Crippen LogP contribution in [0.15, 0.2) is 0 Å². The van der Waals surface area contributed by atoms with E-state index >= 15 is 0 Å². The van der Waals surface area contributed by atoms with Gasteiger partial charge >= 0.3 is 0 Å². The first-order chi connectivity index (χ1) is 6.33. The molecular formula is C10H21NO2. The molecule has 2 N–H and O–H groups in total. The van der Waals surface area contributed by atoms with E-state index in [1.165, 1.54) is 0 Å². The number of hydrogen-bond donors (Lipinski definition) is 2. The van der Waals surface area contributed by atoms with E-state index in [1.807, 2.05) is 0 Å². The van der Waals surface area contributed by atoms with E-state index in [0.29, 0.717) is 18.6 Å². The van der Waals surface area contributed by atoms with Gasteiger partial charge < -0.3 is 15.2 Å². The third-order valence-corrected chi connectivity index (χ3v) is 2.60. The minimum atomic E-state index is 0.302. The number of ether oxygens (including phenoxy) is 1. The molecule has 0 aliphatic carbocycles. The lowest BCUT2D eigenvalue weighted by atomic mass is 10.1. The fourth-order valence-corrected chi connectivity index (χ4v) is 1.59. The zero-order valence-corrected chi connectivity index (χ0v) is 8.46. The molecule has 0 radical (unpaired) electrons. The van der Waals surface area contributed by atoms with Crippen LogP contribution in [0.1, 0.15) is 26.2 Å². The fraction of sp³-hybridized carbons (Fsp3) is 1.00. The molecule has 0 aromatic rings. The molecule has 0 saturated carbocycles. The molecule has 3 nitrogen and oxygen atoms in total. The molecule has 1 atom stereocenters. The second-order valence-corrected chi connectivity index (χ2v) is 3.91. The summed E-state index contributed by atoms with van der Waals surface area (Å²) in [5.74, 6) is 0.577. The second kappa shape index (κ2) is 6.35. The van der Waals surface area contributed by atoms with Crippen LogP contribution < -0.4 is 5.32 Å². The largest absolute Gasteiger partial charge is 0.396 e. The van der Waals surface area contributed by atoms with Crippen LogP contribution in [-0.4, -0.2) is 37.5 Å². The molecule has 1 heterocycles. The van der Waals surface area contributed by atoms with Gasteiger partial charge in [-0.1, -0.05) is 6.92 Å². The van der Waals surface area contributed by atoms with Crippen LogP contribution in [0, 0.1) is 5.92 Å². The molecule has 0 spiro atoms. The number of nitrogens with one attached hydrogen (secondary N) is 1. The van der Waals surface area contributed by atoms with Crippen LogP contribution in [0.25, 0.3) is 0 Å². The Balaban J connectivity index is 2.03. The Morgan fingerprint density at radius 3 is 2.77 bits per heavy atom. The Bertz CT molecular complexity index is 124. The monoisotopic (exact) mass is 187 g/mol. The SMILES string of the molecule is CC(CCO)CNC1CCOCC1. The Kier molecular flexibility index (Phi) is 5.35. The molecule has 0 aromatic carbocycles. The molecule has 3 heteroatoms. The maximum absolute atomic E-state index is 8.73. The summed E-state index contributed by atoms with van der Waals surface area (Å²) in [5.41, 5.74) is 0. The van der Waals surface area contributed by atoms with Gasteiger partial charge in [0.05, 0.1) is 0 Å². The first kappa shape index (κ1) is 11.0. The lowest BCUT2D eigenvalue weighted by Crippen LogP contribution is -2.37. The molecule has 1 rings (SSSR count). The smallest absolute Gasteiger partial charge is 0.0480 e. The van der Waals surface area contributed by atoms with Crippen molar-refractivity contribution in [3.8, 4) is 0 Å². The van der Waals surface area contributed by atoms with Crippen molar-refractivity contribution in [3.05, 3.63) is 0 Å². The molecule has 1 aliphatic rings. The molecule has 1 aliphatic heterocycles. The zero-order chi connectivity index (χ0) is 9.52. The van der Waals surface area contributed by atoms with Gasteiger partial charge in [-0.3, -0.25) is 0 Å². The predicted molar refractivity (Wildman–Crippen MR) is 52.7 cm³/mol. The van der Waals surface area contributed by atoms with E-state index < -0.39 is 0 Å². The van der Waals surface area contributed by atoms with E-state index in [2.05, 4.69) is 12.2 Å². The normalized spacial score (nSPS) is 21.7. The highest BCUT2D eigenvalue weighted by Gasteiger charge is 2.13. The highest BCUT2D eigenvalue weighted by Crippen LogP contribution is 2.07. The average Bonchev–Trinajstić information content (AvgIpc) is 2.17. The van der Waals surface area contributed by atoms with Crippen LogP contribution in [0.3, 0.4) is 0 Å². The van der Waals surface area contributed by atoms with E-state index in [-0.39, 0.29) is 0 Å². The van der Waals surface area contributed by atoms with Gasteiger partial charge in [0.15, 0.2) is 0 Å². The number of rotatable bonds is 5. The molecular weight excluding hydrogens is 166 g/mol. The Hall–Kier alpha value is -0.120. The topological polar surface area (TPSA) is 41.5 Å². The molecule has 0 amide bonds. The third kappa shape index (κ3) is 4.60. The second-order valence-electron chi connectivity index (χ2n) is 3.91. The number of aliphatic hydroxyl groups is 1. The van der Waals surface area contributed by atoms with Crippen molar-refractivity contribution in [2.24, 2.45) is 5.92 Å². The molecule has 0 bridgehead atoms. The summed E-state index contributed by atoms with van der Waals surface area (Å²) in [6.45, 7) is 5.28. The van der Waals surface area contributed by atoms with Gasteiger partial charge in [-0.05, 0) is 31.7 Å². The molecule has 78 valence electrons. The minimum absolute atomic E-state index is 0.302. The summed E-state index contributed by atoms with van der Waals surface area (Å²) < 4.78 is 5.27. The summed E-state index contributed by atoms with van der Waals surface area (Å²) in [4.78, 5) is 0. The van der Waals surface area contributed by atoms with E-state index in [4.69, 9.17) is 9.84 Å². The van der Waals surface area contributed by atoms with Crippen LogP contribution in [0.4, 0.5) is 0 Å². The Morgan fingerprint density at radius 1 is 1.46 bits per heavy atom. The van der Waals surface area contributed by atoms with Crippen LogP contribution in [-0.2, 0) is 4.74 Å². The van der Waals surface area contributed by atoms with Crippen molar-refractivity contribution in [3.63, 3.8) is 0 Å². The first-order valence-corrected chi connectivity index (χ1v) is 5.25.